The van der Waals surface area contributed by atoms with Crippen molar-refractivity contribution in [3.05, 3.63) is 63.0 Å². The summed E-state index contributed by atoms with van der Waals surface area (Å²) in [5.74, 6) is -0.994. The smallest absolute Gasteiger partial charge is 0.348 e. The van der Waals surface area contributed by atoms with Crippen molar-refractivity contribution in [3.8, 4) is 0 Å². The third-order valence-corrected chi connectivity index (χ3v) is 5.35. The number of aromatic nitrogens is 2. The Hall–Kier alpha value is -3.00. The summed E-state index contributed by atoms with van der Waals surface area (Å²) in [5, 5.41) is 0.326. The van der Waals surface area contributed by atoms with Crippen LogP contribution in [0.1, 0.15) is 27.7 Å². The highest BCUT2D eigenvalue weighted by atomic mass is 32.1. The average molecular weight is 400 g/mol. The average Bonchev–Trinajstić information content (AvgIpc) is 3.02. The Morgan fingerprint density at radius 1 is 1.18 bits per heavy atom. The Balaban J connectivity index is 1.77. The molecule has 0 aliphatic rings. The maximum atomic E-state index is 12.7. The molecule has 8 heteroatoms. The van der Waals surface area contributed by atoms with Crippen LogP contribution < -0.4 is 5.56 Å². The number of esters is 2. The fraction of sp³-hybridized carbons (Fsp3) is 0.300. The normalized spacial score (nSPS) is 10.8. The minimum absolute atomic E-state index is 0.220. The maximum absolute atomic E-state index is 12.7. The van der Waals surface area contributed by atoms with E-state index in [1.54, 1.807) is 13.8 Å². The lowest BCUT2D eigenvalue weighted by Crippen LogP contribution is -2.25. The molecule has 146 valence electrons. The number of carbonyl (C=O) groups is 2. The number of hydrogen-bond donors (Lipinski definition) is 0. The van der Waals surface area contributed by atoms with Crippen molar-refractivity contribution in [2.24, 2.45) is 0 Å². The lowest BCUT2D eigenvalue weighted by Gasteiger charge is -2.05. The molecule has 0 saturated carbocycles. The Morgan fingerprint density at radius 3 is 2.64 bits per heavy atom. The van der Waals surface area contributed by atoms with Crippen LogP contribution in [0.2, 0.25) is 0 Å². The molecule has 0 saturated heterocycles. The number of rotatable bonds is 7. The molecule has 0 aliphatic carbocycles. The van der Waals surface area contributed by atoms with Crippen molar-refractivity contribution in [1.29, 1.82) is 0 Å². The van der Waals surface area contributed by atoms with Gasteiger partial charge in [0.2, 0.25) is 0 Å². The molecule has 2 heterocycles. The van der Waals surface area contributed by atoms with Gasteiger partial charge in [0.15, 0.2) is 0 Å². The van der Waals surface area contributed by atoms with E-state index >= 15 is 0 Å². The van der Waals surface area contributed by atoms with Gasteiger partial charge in [-0.2, -0.15) is 0 Å². The number of aryl methyl sites for hydroxylation is 1. The van der Waals surface area contributed by atoms with Crippen LogP contribution in [0.25, 0.3) is 10.2 Å². The summed E-state index contributed by atoms with van der Waals surface area (Å²) in [6, 6.07) is 9.72. The molecule has 3 rings (SSSR count). The molecule has 0 fully saturated rings. The Labute approximate surface area is 165 Å². The zero-order valence-corrected chi connectivity index (χ0v) is 16.5. The number of benzene rings is 1. The maximum Gasteiger partial charge on any atom is 0.348 e. The topological polar surface area (TPSA) is 87.5 Å². The first-order valence-electron chi connectivity index (χ1n) is 8.86. The van der Waals surface area contributed by atoms with Gasteiger partial charge in [0.1, 0.15) is 16.3 Å². The zero-order valence-electron chi connectivity index (χ0n) is 15.6. The molecule has 1 aromatic carbocycles. The fourth-order valence-electron chi connectivity index (χ4n) is 2.78. The molecule has 0 bridgehead atoms. The van der Waals surface area contributed by atoms with Crippen molar-refractivity contribution < 1.29 is 19.1 Å². The highest BCUT2D eigenvalue weighted by Gasteiger charge is 2.21. The van der Waals surface area contributed by atoms with Crippen LogP contribution >= 0.6 is 11.3 Å². The minimum Gasteiger partial charge on any atom is -0.465 e. The molecular weight excluding hydrogens is 380 g/mol. The molecule has 0 atom stereocenters. The number of nitrogens with zero attached hydrogens (tertiary/aromatic N) is 2. The lowest BCUT2D eigenvalue weighted by atomic mass is 10.2. The summed E-state index contributed by atoms with van der Waals surface area (Å²) in [5.41, 5.74) is 1.21. The van der Waals surface area contributed by atoms with E-state index in [0.29, 0.717) is 27.1 Å². The molecule has 0 aliphatic heterocycles. The van der Waals surface area contributed by atoms with Gasteiger partial charge in [-0.1, -0.05) is 30.3 Å². The Kier molecular flexibility index (Phi) is 6.20. The molecule has 28 heavy (non-hydrogen) atoms. The van der Waals surface area contributed by atoms with Crippen LogP contribution in [0.15, 0.2) is 41.5 Å². The molecule has 3 aromatic rings. The standard InChI is InChI=1S/C20H20N2O5S/c1-3-26-15(23)11-22-12-21-18-16(19(22)24)13(2)17(28-18)20(25)27-10-9-14-7-5-4-6-8-14/h4-8,12H,3,9-11H2,1-2H3. The molecule has 0 amide bonds. The molecule has 0 spiro atoms. The van der Waals surface area contributed by atoms with Crippen LogP contribution in [0.3, 0.4) is 0 Å². The highest BCUT2D eigenvalue weighted by molar-refractivity contribution is 7.20. The van der Waals surface area contributed by atoms with Crippen LogP contribution in [-0.4, -0.2) is 34.7 Å². The monoisotopic (exact) mass is 400 g/mol. The third kappa shape index (κ3) is 4.28. The van der Waals surface area contributed by atoms with Crippen LogP contribution in [0.4, 0.5) is 0 Å². The van der Waals surface area contributed by atoms with E-state index in [1.165, 1.54) is 10.9 Å². The van der Waals surface area contributed by atoms with E-state index in [4.69, 9.17) is 9.47 Å². The minimum atomic E-state index is -0.515. The summed E-state index contributed by atoms with van der Waals surface area (Å²) in [4.78, 5) is 41.8. The van der Waals surface area contributed by atoms with Gasteiger partial charge in [0, 0.05) is 6.42 Å². The SMILES string of the molecule is CCOC(=O)Cn1cnc2sc(C(=O)OCCc3ccccc3)c(C)c2c1=O. The number of ether oxygens (including phenoxy) is 2. The summed E-state index contributed by atoms with van der Waals surface area (Å²) < 4.78 is 11.4. The van der Waals surface area contributed by atoms with Crippen molar-refractivity contribution in [3.63, 3.8) is 0 Å². The molecule has 7 nitrogen and oxygen atoms in total. The fourth-order valence-corrected chi connectivity index (χ4v) is 3.82. The highest BCUT2D eigenvalue weighted by Crippen LogP contribution is 2.27. The van der Waals surface area contributed by atoms with Crippen molar-refractivity contribution in [1.82, 2.24) is 9.55 Å². The number of fused-ring (bicyclic) bond motifs is 1. The van der Waals surface area contributed by atoms with Crippen molar-refractivity contribution >= 4 is 33.5 Å². The van der Waals surface area contributed by atoms with Gasteiger partial charge >= 0.3 is 11.9 Å². The summed E-state index contributed by atoms with van der Waals surface area (Å²) in [7, 11) is 0. The van der Waals surface area contributed by atoms with Gasteiger partial charge in [-0.15, -0.1) is 11.3 Å². The van der Waals surface area contributed by atoms with Gasteiger partial charge in [-0.05, 0) is 25.0 Å². The predicted molar refractivity (Wildman–Crippen MR) is 106 cm³/mol. The first-order chi connectivity index (χ1) is 13.5. The van der Waals surface area contributed by atoms with Crippen LogP contribution in [-0.2, 0) is 27.2 Å². The van der Waals surface area contributed by atoms with Crippen molar-refractivity contribution in [2.75, 3.05) is 13.2 Å². The predicted octanol–water partition coefficient (Wildman–Crippen LogP) is 2.73. The second-order valence-corrected chi connectivity index (χ2v) is 7.09. The Morgan fingerprint density at radius 2 is 1.93 bits per heavy atom. The second kappa shape index (κ2) is 8.79. The van der Waals surface area contributed by atoms with Gasteiger partial charge in [-0.3, -0.25) is 14.2 Å². The number of thiophene rings is 1. The zero-order chi connectivity index (χ0) is 20.1. The summed E-state index contributed by atoms with van der Waals surface area (Å²) in [6.45, 7) is 3.64. The lowest BCUT2D eigenvalue weighted by molar-refractivity contribution is -0.143. The van der Waals surface area contributed by atoms with Gasteiger partial charge in [0.25, 0.3) is 5.56 Å². The van der Waals surface area contributed by atoms with Crippen LogP contribution in [0.5, 0.6) is 0 Å². The largest absolute Gasteiger partial charge is 0.465 e. The quantitative estimate of drug-likeness (QED) is 0.567. The molecule has 0 radical (unpaired) electrons. The molecule has 0 N–H and O–H groups in total. The second-order valence-electron chi connectivity index (χ2n) is 6.09. The van der Waals surface area contributed by atoms with E-state index in [2.05, 4.69) is 4.98 Å². The van der Waals surface area contributed by atoms with Crippen LogP contribution in [0, 0.1) is 6.92 Å². The summed E-state index contributed by atoms with van der Waals surface area (Å²) in [6.07, 6.45) is 1.91. The first-order valence-corrected chi connectivity index (χ1v) is 9.68. The van der Waals surface area contributed by atoms with E-state index in [0.717, 1.165) is 16.9 Å². The van der Waals surface area contributed by atoms with Gasteiger partial charge in [-0.25, -0.2) is 9.78 Å². The van der Waals surface area contributed by atoms with E-state index in [-0.39, 0.29) is 25.3 Å². The Bertz CT molecular complexity index is 1060. The van der Waals surface area contributed by atoms with E-state index < -0.39 is 11.9 Å². The number of hydrogen-bond acceptors (Lipinski definition) is 7. The van der Waals surface area contributed by atoms with Crippen molar-refractivity contribution in [2.45, 2.75) is 26.8 Å². The summed E-state index contributed by atoms with van der Waals surface area (Å²) >= 11 is 1.12. The first kappa shape index (κ1) is 19.8. The number of carbonyl (C=O) groups excluding carboxylic acids is 2. The van der Waals surface area contributed by atoms with Gasteiger partial charge < -0.3 is 9.47 Å². The molecule has 0 unspecified atom stereocenters. The van der Waals surface area contributed by atoms with E-state index in [9.17, 15) is 14.4 Å². The van der Waals surface area contributed by atoms with Gasteiger partial charge in [0.05, 0.1) is 24.9 Å². The molecule has 2 aromatic heterocycles. The third-order valence-electron chi connectivity index (χ3n) is 4.17. The van der Waals surface area contributed by atoms with E-state index in [1.807, 2.05) is 30.3 Å². The molecular formula is C20H20N2O5S.